The molecule has 0 aliphatic heterocycles. The number of sulfonamides is 1. The number of nitrogens with one attached hydrogen (secondary N) is 1. The lowest BCUT2D eigenvalue weighted by molar-refractivity contribution is 0.252. The molecule has 2 rings (SSSR count). The van der Waals surface area contributed by atoms with Crippen molar-refractivity contribution < 1.29 is 8.42 Å². The molecule has 1 aromatic heterocycles. The third kappa shape index (κ3) is 2.35. The van der Waals surface area contributed by atoms with Gasteiger partial charge < -0.3 is 0 Å². The average Bonchev–Trinajstić information content (AvgIpc) is 2.53. The van der Waals surface area contributed by atoms with E-state index < -0.39 is 15.6 Å². The number of nitrogens with zero attached hydrogens (tertiary/aromatic N) is 3. The van der Waals surface area contributed by atoms with E-state index in [9.17, 15) is 8.42 Å². The van der Waals surface area contributed by atoms with E-state index in [4.69, 9.17) is 11.6 Å². The molecule has 1 fully saturated rings. The second-order valence-electron chi connectivity index (χ2n) is 4.18. The van der Waals surface area contributed by atoms with Gasteiger partial charge in [0.1, 0.15) is 0 Å². The van der Waals surface area contributed by atoms with Crippen molar-refractivity contribution in [1.82, 2.24) is 19.7 Å². The molecule has 17 heavy (non-hydrogen) atoms. The summed E-state index contributed by atoms with van der Waals surface area (Å²) in [4.78, 5) is 0. The SMILES string of the molecule is Cn1nnc(Br)c1S(=O)(=O)NC1(CCl)CCC1. The van der Waals surface area contributed by atoms with Gasteiger partial charge in [-0.3, -0.25) is 0 Å². The zero-order valence-electron chi connectivity index (χ0n) is 9.15. The number of hydrogen-bond donors (Lipinski definition) is 1. The minimum absolute atomic E-state index is 0.0221. The first kappa shape index (κ1) is 13.3. The second kappa shape index (κ2) is 4.49. The van der Waals surface area contributed by atoms with Gasteiger partial charge in [0.15, 0.2) is 4.60 Å². The molecular weight excluding hydrogens is 332 g/mol. The molecule has 0 spiro atoms. The fourth-order valence-electron chi connectivity index (χ4n) is 1.81. The fourth-order valence-corrected chi connectivity index (χ4v) is 4.78. The molecule has 96 valence electrons. The minimum Gasteiger partial charge on any atom is -0.235 e. The molecule has 0 atom stereocenters. The molecule has 0 radical (unpaired) electrons. The highest BCUT2D eigenvalue weighted by Gasteiger charge is 2.41. The smallest absolute Gasteiger partial charge is 0.235 e. The van der Waals surface area contributed by atoms with Crippen molar-refractivity contribution in [1.29, 1.82) is 0 Å². The molecule has 0 unspecified atom stereocenters. The van der Waals surface area contributed by atoms with Crippen LogP contribution in [0.4, 0.5) is 0 Å². The van der Waals surface area contributed by atoms with Gasteiger partial charge in [-0.1, -0.05) is 5.21 Å². The van der Waals surface area contributed by atoms with Crippen LogP contribution in [0, 0.1) is 0 Å². The van der Waals surface area contributed by atoms with E-state index in [2.05, 4.69) is 31.0 Å². The molecule has 1 aliphatic rings. The molecule has 6 nitrogen and oxygen atoms in total. The Morgan fingerprint density at radius 3 is 2.59 bits per heavy atom. The van der Waals surface area contributed by atoms with Gasteiger partial charge in [-0.15, -0.1) is 16.7 Å². The summed E-state index contributed by atoms with van der Waals surface area (Å²) in [7, 11) is -2.12. The molecule has 0 aromatic carbocycles. The molecule has 0 bridgehead atoms. The number of hydrogen-bond acceptors (Lipinski definition) is 4. The van der Waals surface area contributed by atoms with E-state index in [1.165, 1.54) is 11.7 Å². The number of aromatic nitrogens is 3. The van der Waals surface area contributed by atoms with Crippen molar-refractivity contribution in [3.63, 3.8) is 0 Å². The summed E-state index contributed by atoms with van der Waals surface area (Å²) < 4.78 is 28.5. The second-order valence-corrected chi connectivity index (χ2v) is 6.80. The van der Waals surface area contributed by atoms with Crippen LogP contribution in [0.15, 0.2) is 9.63 Å². The highest BCUT2D eigenvalue weighted by atomic mass is 79.9. The maximum Gasteiger partial charge on any atom is 0.261 e. The first-order chi connectivity index (χ1) is 7.90. The van der Waals surface area contributed by atoms with Crippen molar-refractivity contribution in [2.45, 2.75) is 29.8 Å². The Morgan fingerprint density at radius 2 is 2.24 bits per heavy atom. The lowest BCUT2D eigenvalue weighted by Gasteiger charge is -2.40. The van der Waals surface area contributed by atoms with Gasteiger partial charge in [0.25, 0.3) is 10.0 Å². The van der Waals surface area contributed by atoms with Crippen LogP contribution in [-0.4, -0.2) is 34.8 Å². The summed E-state index contributed by atoms with van der Waals surface area (Å²) in [5, 5.41) is 7.33. The van der Waals surface area contributed by atoms with Crippen LogP contribution in [-0.2, 0) is 17.1 Å². The lowest BCUT2D eigenvalue weighted by atomic mass is 9.79. The standard InChI is InChI=1S/C8H12BrClN4O2S/c1-14-7(6(9)11-13-14)17(15,16)12-8(5-10)3-2-4-8/h12H,2-5H2,1H3. The molecule has 0 amide bonds. The molecule has 1 heterocycles. The van der Waals surface area contributed by atoms with Crippen molar-refractivity contribution in [2.24, 2.45) is 7.05 Å². The van der Waals surface area contributed by atoms with Crippen LogP contribution >= 0.6 is 27.5 Å². The van der Waals surface area contributed by atoms with Crippen LogP contribution in [0.3, 0.4) is 0 Å². The normalized spacial score (nSPS) is 19.0. The van der Waals surface area contributed by atoms with E-state index in [0.29, 0.717) is 0 Å². The quantitative estimate of drug-likeness (QED) is 0.828. The van der Waals surface area contributed by atoms with Gasteiger partial charge >= 0.3 is 0 Å². The fraction of sp³-hybridized carbons (Fsp3) is 0.750. The average molecular weight is 344 g/mol. The van der Waals surface area contributed by atoms with Crippen LogP contribution in [0.5, 0.6) is 0 Å². The Morgan fingerprint density at radius 1 is 1.59 bits per heavy atom. The summed E-state index contributed by atoms with van der Waals surface area (Å²) in [5.41, 5.74) is -0.510. The number of rotatable bonds is 4. The zero-order chi connectivity index (χ0) is 12.7. The molecule has 9 heteroatoms. The van der Waals surface area contributed by atoms with Crippen LogP contribution in [0.1, 0.15) is 19.3 Å². The topological polar surface area (TPSA) is 76.9 Å². The van der Waals surface area contributed by atoms with Crippen molar-refractivity contribution in [3.05, 3.63) is 4.60 Å². The number of alkyl halides is 1. The molecule has 1 saturated carbocycles. The van der Waals surface area contributed by atoms with Gasteiger partial charge in [0.2, 0.25) is 5.03 Å². The zero-order valence-corrected chi connectivity index (χ0v) is 12.3. The van der Waals surface area contributed by atoms with Crippen molar-refractivity contribution in [3.8, 4) is 0 Å². The van der Waals surface area contributed by atoms with E-state index >= 15 is 0 Å². The number of halogens is 2. The Hall–Kier alpha value is -0.180. The van der Waals surface area contributed by atoms with Crippen LogP contribution < -0.4 is 4.72 Å². The summed E-state index contributed by atoms with van der Waals surface area (Å²) in [6.45, 7) is 0. The third-order valence-electron chi connectivity index (χ3n) is 2.91. The summed E-state index contributed by atoms with van der Waals surface area (Å²) in [6, 6.07) is 0. The van der Waals surface area contributed by atoms with Crippen LogP contribution in [0.25, 0.3) is 0 Å². The summed E-state index contributed by atoms with van der Waals surface area (Å²) >= 11 is 8.91. The van der Waals surface area contributed by atoms with Gasteiger partial charge in [0.05, 0.1) is 0 Å². The maximum atomic E-state index is 12.2. The highest BCUT2D eigenvalue weighted by Crippen LogP contribution is 2.34. The van der Waals surface area contributed by atoms with Gasteiger partial charge in [0, 0.05) is 18.5 Å². The summed E-state index contributed by atoms with van der Waals surface area (Å²) in [6.07, 6.45) is 2.51. The number of aryl methyl sites for hydroxylation is 1. The van der Waals surface area contributed by atoms with E-state index in [1.807, 2.05) is 0 Å². The Bertz CT molecular complexity index is 501. The van der Waals surface area contributed by atoms with E-state index in [0.717, 1.165) is 19.3 Å². The first-order valence-electron chi connectivity index (χ1n) is 5.05. The maximum absolute atomic E-state index is 12.2. The molecule has 0 saturated heterocycles. The van der Waals surface area contributed by atoms with Gasteiger partial charge in [-0.25, -0.2) is 17.8 Å². The van der Waals surface area contributed by atoms with E-state index in [1.54, 1.807) is 0 Å². The summed E-state index contributed by atoms with van der Waals surface area (Å²) in [5.74, 6) is 0.273. The predicted octanol–water partition coefficient (Wildman–Crippen LogP) is 1.02. The predicted molar refractivity (Wildman–Crippen MR) is 66.3 cm³/mol. The lowest BCUT2D eigenvalue weighted by Crippen LogP contribution is -2.55. The van der Waals surface area contributed by atoms with Crippen molar-refractivity contribution >= 4 is 37.6 Å². The molecule has 1 N–H and O–H groups in total. The monoisotopic (exact) mass is 342 g/mol. The Kier molecular flexibility index (Phi) is 3.50. The highest BCUT2D eigenvalue weighted by molar-refractivity contribution is 9.10. The van der Waals surface area contributed by atoms with Gasteiger partial charge in [-0.2, -0.15) is 0 Å². The van der Waals surface area contributed by atoms with Crippen LogP contribution in [0.2, 0.25) is 0 Å². The molecule has 1 aliphatic carbocycles. The molecular formula is C8H12BrClN4O2S. The largest absolute Gasteiger partial charge is 0.261 e. The first-order valence-corrected chi connectivity index (χ1v) is 7.86. The molecule has 1 aromatic rings. The van der Waals surface area contributed by atoms with Gasteiger partial charge in [-0.05, 0) is 35.2 Å². The third-order valence-corrected chi connectivity index (χ3v) is 5.89. The Balaban J connectivity index is 2.31. The minimum atomic E-state index is -3.65. The Labute approximate surface area is 113 Å². The van der Waals surface area contributed by atoms with Crippen molar-refractivity contribution in [2.75, 3.05) is 5.88 Å². The van der Waals surface area contributed by atoms with E-state index in [-0.39, 0.29) is 15.5 Å².